The van der Waals surface area contributed by atoms with Crippen LogP contribution in [-0.2, 0) is 19.6 Å². The zero-order valence-corrected chi connectivity index (χ0v) is 13.2. The summed E-state index contributed by atoms with van der Waals surface area (Å²) in [6.45, 7) is 1.60. The van der Waals surface area contributed by atoms with Gasteiger partial charge in [-0.2, -0.15) is 0 Å². The number of carbonyl (C=O) groups is 1. The summed E-state index contributed by atoms with van der Waals surface area (Å²) in [5.74, 6) is 0.126. The molecule has 0 bridgehead atoms. The number of ketones is 1. The average molecular weight is 306 g/mol. The first-order valence-corrected chi connectivity index (χ1v) is 8.91. The molecule has 0 aromatic rings. The van der Waals surface area contributed by atoms with Crippen LogP contribution in [0.5, 0.6) is 0 Å². The van der Waals surface area contributed by atoms with Gasteiger partial charge >= 0.3 is 0 Å². The van der Waals surface area contributed by atoms with Gasteiger partial charge in [-0.25, -0.2) is 12.7 Å². The van der Waals surface area contributed by atoms with E-state index in [1.54, 1.807) is 7.11 Å². The van der Waals surface area contributed by atoms with Gasteiger partial charge in [0.25, 0.3) is 0 Å². The third-order valence-corrected chi connectivity index (χ3v) is 4.99. The second-order valence-electron chi connectivity index (χ2n) is 5.54. The summed E-state index contributed by atoms with van der Waals surface area (Å²) in [5, 5.41) is 0. The Morgan fingerprint density at radius 3 is 2.80 bits per heavy atom. The largest absolute Gasteiger partial charge is 0.385 e. The number of piperidine rings is 1. The molecule has 0 saturated carbocycles. The molecule has 1 heterocycles. The molecule has 0 amide bonds. The van der Waals surface area contributed by atoms with Crippen LogP contribution in [-0.4, -0.2) is 57.6 Å². The van der Waals surface area contributed by atoms with E-state index in [4.69, 9.17) is 10.5 Å². The number of rotatable bonds is 8. The van der Waals surface area contributed by atoms with Gasteiger partial charge in [0.05, 0.1) is 12.3 Å². The van der Waals surface area contributed by atoms with Crippen molar-refractivity contribution in [2.24, 2.45) is 11.7 Å². The van der Waals surface area contributed by atoms with Gasteiger partial charge < -0.3 is 10.5 Å². The highest BCUT2D eigenvalue weighted by Crippen LogP contribution is 2.22. The summed E-state index contributed by atoms with van der Waals surface area (Å²) in [5.41, 5.74) is 5.86. The first kappa shape index (κ1) is 17.6. The molecule has 7 heteroatoms. The fraction of sp³-hybridized carbons (Fsp3) is 0.923. The summed E-state index contributed by atoms with van der Waals surface area (Å²) in [6, 6.07) is -0.459. The Bertz CT molecular complexity index is 411. The third kappa shape index (κ3) is 5.87. The number of carbonyl (C=O) groups excluding carboxylic acids is 1. The maximum atomic E-state index is 12.0. The first-order valence-electron chi connectivity index (χ1n) is 7.07. The lowest BCUT2D eigenvalue weighted by Crippen LogP contribution is -2.41. The Morgan fingerprint density at radius 2 is 2.20 bits per heavy atom. The minimum Gasteiger partial charge on any atom is -0.385 e. The fourth-order valence-electron chi connectivity index (χ4n) is 2.54. The Morgan fingerprint density at radius 1 is 1.50 bits per heavy atom. The molecule has 118 valence electrons. The minimum atomic E-state index is -3.16. The van der Waals surface area contributed by atoms with E-state index in [0.717, 1.165) is 19.3 Å². The van der Waals surface area contributed by atoms with Crippen LogP contribution >= 0.6 is 0 Å². The normalized spacial score (nSPS) is 22.6. The van der Waals surface area contributed by atoms with Gasteiger partial charge in [0, 0.05) is 33.2 Å². The van der Waals surface area contributed by atoms with Crippen LogP contribution in [0, 0.1) is 5.92 Å². The van der Waals surface area contributed by atoms with E-state index in [1.165, 1.54) is 10.6 Å². The zero-order chi connectivity index (χ0) is 15.2. The second-order valence-corrected chi connectivity index (χ2v) is 7.52. The molecule has 1 fully saturated rings. The molecular formula is C13H26N2O4S. The van der Waals surface area contributed by atoms with E-state index in [0.29, 0.717) is 32.5 Å². The summed E-state index contributed by atoms with van der Waals surface area (Å²) in [6.07, 6.45) is 4.68. The highest BCUT2D eigenvalue weighted by molar-refractivity contribution is 7.88. The van der Waals surface area contributed by atoms with Gasteiger partial charge in [0.15, 0.2) is 0 Å². The van der Waals surface area contributed by atoms with Gasteiger partial charge in [-0.05, 0) is 31.6 Å². The molecule has 1 aliphatic rings. The van der Waals surface area contributed by atoms with Gasteiger partial charge in [-0.15, -0.1) is 0 Å². The van der Waals surface area contributed by atoms with E-state index in [2.05, 4.69) is 0 Å². The predicted molar refractivity (Wildman–Crippen MR) is 77.9 cm³/mol. The Hall–Kier alpha value is -0.500. The van der Waals surface area contributed by atoms with Crippen LogP contribution < -0.4 is 5.73 Å². The van der Waals surface area contributed by atoms with Crippen LogP contribution in [0.3, 0.4) is 0 Å². The van der Waals surface area contributed by atoms with Crippen molar-refractivity contribution < 1.29 is 17.9 Å². The van der Waals surface area contributed by atoms with Crippen molar-refractivity contribution in [3.05, 3.63) is 0 Å². The van der Waals surface area contributed by atoms with Crippen LogP contribution in [0.25, 0.3) is 0 Å². The highest BCUT2D eigenvalue weighted by atomic mass is 32.2. The molecule has 0 aromatic heterocycles. The van der Waals surface area contributed by atoms with Crippen molar-refractivity contribution >= 4 is 15.8 Å². The average Bonchev–Trinajstić information content (AvgIpc) is 2.38. The lowest BCUT2D eigenvalue weighted by Gasteiger charge is -2.31. The summed E-state index contributed by atoms with van der Waals surface area (Å²) in [4.78, 5) is 12.0. The van der Waals surface area contributed by atoms with E-state index < -0.39 is 16.1 Å². The number of methoxy groups -OCH3 is 1. The lowest BCUT2D eigenvalue weighted by molar-refractivity contribution is -0.121. The molecule has 2 atom stereocenters. The number of sulfonamides is 1. The summed E-state index contributed by atoms with van der Waals surface area (Å²) in [7, 11) is -1.54. The number of nitrogens with zero attached hydrogens (tertiary/aromatic N) is 1. The van der Waals surface area contributed by atoms with E-state index >= 15 is 0 Å². The number of ether oxygens (including phenoxy) is 1. The van der Waals surface area contributed by atoms with Gasteiger partial charge in [0.1, 0.15) is 5.78 Å². The van der Waals surface area contributed by atoms with E-state index in [1.807, 2.05) is 0 Å². The van der Waals surface area contributed by atoms with Crippen LogP contribution in [0.2, 0.25) is 0 Å². The third-order valence-electron chi connectivity index (χ3n) is 3.72. The molecule has 2 N–H and O–H groups in total. The molecule has 0 spiro atoms. The molecule has 0 aliphatic carbocycles. The topological polar surface area (TPSA) is 89.7 Å². The van der Waals surface area contributed by atoms with E-state index in [-0.39, 0.29) is 11.7 Å². The Kier molecular flexibility index (Phi) is 7.08. The second kappa shape index (κ2) is 8.07. The van der Waals surface area contributed by atoms with Crippen LogP contribution in [0.15, 0.2) is 0 Å². The Labute approximate surface area is 121 Å². The van der Waals surface area contributed by atoms with Crippen LogP contribution in [0.1, 0.15) is 32.1 Å². The maximum absolute atomic E-state index is 12.0. The molecule has 1 saturated heterocycles. The standard InChI is InChI=1S/C13H26N2O4S/c1-19-8-4-6-12(14)13(16)9-11-5-3-7-15(10-11)20(2,17)18/h11-12H,3-10,14H2,1-2H3. The van der Waals surface area contributed by atoms with Gasteiger partial charge in [0.2, 0.25) is 10.0 Å². The number of nitrogens with two attached hydrogens (primary N) is 1. The fourth-order valence-corrected chi connectivity index (χ4v) is 3.48. The van der Waals surface area contributed by atoms with Crippen molar-refractivity contribution in [2.45, 2.75) is 38.1 Å². The van der Waals surface area contributed by atoms with Crippen molar-refractivity contribution in [3.8, 4) is 0 Å². The molecule has 0 aromatic carbocycles. The Balaban J connectivity index is 2.41. The lowest BCUT2D eigenvalue weighted by atomic mass is 9.91. The SMILES string of the molecule is COCCCC(N)C(=O)CC1CCCN(S(C)(=O)=O)C1. The maximum Gasteiger partial charge on any atom is 0.211 e. The molecule has 6 nitrogen and oxygen atoms in total. The molecule has 2 unspecified atom stereocenters. The predicted octanol–water partition coefficient (Wildman–Crippen LogP) is 0.371. The zero-order valence-electron chi connectivity index (χ0n) is 12.4. The molecule has 1 rings (SSSR count). The van der Waals surface area contributed by atoms with Crippen molar-refractivity contribution in [2.75, 3.05) is 33.1 Å². The molecule has 1 aliphatic heterocycles. The van der Waals surface area contributed by atoms with Gasteiger partial charge in [-0.3, -0.25) is 4.79 Å². The van der Waals surface area contributed by atoms with E-state index in [9.17, 15) is 13.2 Å². The summed E-state index contributed by atoms with van der Waals surface area (Å²) >= 11 is 0. The highest BCUT2D eigenvalue weighted by Gasteiger charge is 2.28. The van der Waals surface area contributed by atoms with Crippen molar-refractivity contribution in [1.82, 2.24) is 4.31 Å². The number of Topliss-reactive ketones (excluding diaryl/α,β-unsaturated/α-hetero) is 1. The van der Waals surface area contributed by atoms with Crippen LogP contribution in [0.4, 0.5) is 0 Å². The molecule has 20 heavy (non-hydrogen) atoms. The summed E-state index contributed by atoms with van der Waals surface area (Å²) < 4.78 is 29.5. The smallest absolute Gasteiger partial charge is 0.211 e. The number of hydrogen-bond donors (Lipinski definition) is 1. The molecule has 0 radical (unpaired) electrons. The quantitative estimate of drug-likeness (QED) is 0.654. The van der Waals surface area contributed by atoms with Crippen molar-refractivity contribution in [1.29, 1.82) is 0 Å². The van der Waals surface area contributed by atoms with Gasteiger partial charge in [-0.1, -0.05) is 0 Å². The van der Waals surface area contributed by atoms with Crippen molar-refractivity contribution in [3.63, 3.8) is 0 Å². The minimum absolute atomic E-state index is 0.0291. The monoisotopic (exact) mass is 306 g/mol. The molecular weight excluding hydrogens is 280 g/mol. The number of hydrogen-bond acceptors (Lipinski definition) is 5. The first-order chi connectivity index (χ1) is 9.34.